The van der Waals surface area contributed by atoms with Gasteiger partial charge in [0.05, 0.1) is 25.4 Å². The molecule has 30 heavy (non-hydrogen) atoms. The van der Waals surface area contributed by atoms with Gasteiger partial charge in [0.25, 0.3) is 11.6 Å². The van der Waals surface area contributed by atoms with E-state index in [-0.39, 0.29) is 5.69 Å². The number of hydrogen-bond acceptors (Lipinski definition) is 7. The lowest BCUT2D eigenvalue weighted by Gasteiger charge is -2.07. The lowest BCUT2D eigenvalue weighted by molar-refractivity contribution is -0.384. The number of hydrogen-bond donors (Lipinski definition) is 1. The highest BCUT2D eigenvalue weighted by atomic mass is 79.9. The molecule has 0 saturated carbocycles. The zero-order valence-corrected chi connectivity index (χ0v) is 17.5. The minimum absolute atomic E-state index is 0.0316. The van der Waals surface area contributed by atoms with E-state index in [0.29, 0.717) is 38.6 Å². The Labute approximate surface area is 179 Å². The minimum atomic E-state index is -0.477. The Morgan fingerprint density at radius 2 is 1.83 bits per heavy atom. The molecular formula is C20H16BrN3O6. The number of rotatable bonds is 7. The average Bonchev–Trinajstić information content (AvgIpc) is 3.21. The predicted molar refractivity (Wildman–Crippen MR) is 113 cm³/mol. The monoisotopic (exact) mass is 473 g/mol. The highest BCUT2D eigenvalue weighted by Crippen LogP contribution is 2.32. The first-order chi connectivity index (χ1) is 14.4. The fourth-order valence-electron chi connectivity index (χ4n) is 2.54. The topological polar surface area (TPSA) is 116 Å². The van der Waals surface area contributed by atoms with Crippen LogP contribution >= 0.6 is 15.9 Å². The van der Waals surface area contributed by atoms with Crippen LogP contribution in [-0.4, -0.2) is 31.3 Å². The quantitative estimate of drug-likeness (QED) is 0.308. The number of benzene rings is 2. The summed E-state index contributed by atoms with van der Waals surface area (Å²) in [6.45, 7) is 0. The van der Waals surface area contributed by atoms with Crippen molar-refractivity contribution in [3.63, 3.8) is 0 Å². The Kier molecular flexibility index (Phi) is 6.48. The molecule has 3 rings (SSSR count). The first-order valence-corrected chi connectivity index (χ1v) is 9.31. The molecule has 1 N–H and O–H groups in total. The lowest BCUT2D eigenvalue weighted by atomic mass is 10.1. The summed E-state index contributed by atoms with van der Waals surface area (Å²) < 4.78 is 16.5. The Balaban J connectivity index is 1.71. The Morgan fingerprint density at radius 1 is 1.13 bits per heavy atom. The summed E-state index contributed by atoms with van der Waals surface area (Å²) in [7, 11) is 2.98. The molecule has 3 aromatic rings. The van der Waals surface area contributed by atoms with Gasteiger partial charge < -0.3 is 13.9 Å². The minimum Gasteiger partial charge on any atom is -0.497 e. The van der Waals surface area contributed by atoms with E-state index in [1.165, 1.54) is 32.6 Å². The zero-order chi connectivity index (χ0) is 21.7. The molecule has 0 unspecified atom stereocenters. The molecule has 2 aromatic carbocycles. The maximum Gasteiger partial charge on any atom is 0.271 e. The highest BCUT2D eigenvalue weighted by Gasteiger charge is 2.13. The van der Waals surface area contributed by atoms with Crippen molar-refractivity contribution in [1.82, 2.24) is 5.43 Å². The maximum absolute atomic E-state index is 12.3. The van der Waals surface area contributed by atoms with Crippen LogP contribution < -0.4 is 14.9 Å². The van der Waals surface area contributed by atoms with Crippen LogP contribution in [0, 0.1) is 10.1 Å². The van der Waals surface area contributed by atoms with Gasteiger partial charge in [0.15, 0.2) is 0 Å². The number of non-ortho nitro benzene ring substituents is 1. The normalized spacial score (nSPS) is 10.8. The van der Waals surface area contributed by atoms with E-state index >= 15 is 0 Å². The lowest BCUT2D eigenvalue weighted by Crippen LogP contribution is -2.17. The third-order valence-corrected chi connectivity index (χ3v) is 4.68. The fourth-order valence-corrected chi connectivity index (χ4v) is 3.10. The molecule has 0 radical (unpaired) electrons. The van der Waals surface area contributed by atoms with Crippen LogP contribution in [-0.2, 0) is 0 Å². The van der Waals surface area contributed by atoms with Crippen molar-refractivity contribution >= 4 is 33.7 Å². The molecule has 1 amide bonds. The summed E-state index contributed by atoms with van der Waals surface area (Å²) in [5.74, 6) is 1.38. The van der Waals surface area contributed by atoms with Crippen molar-refractivity contribution in [1.29, 1.82) is 0 Å². The number of nitrogens with one attached hydrogen (secondary N) is 1. The van der Waals surface area contributed by atoms with E-state index in [4.69, 9.17) is 13.9 Å². The van der Waals surface area contributed by atoms with Crippen LogP contribution in [0.2, 0.25) is 0 Å². The first-order valence-electron chi connectivity index (χ1n) is 8.52. The van der Waals surface area contributed by atoms with E-state index < -0.39 is 10.8 Å². The molecule has 0 aliphatic rings. The second-order valence-corrected chi connectivity index (χ2v) is 6.78. The molecule has 0 bridgehead atoms. The van der Waals surface area contributed by atoms with Crippen molar-refractivity contribution < 1.29 is 23.6 Å². The van der Waals surface area contributed by atoms with Gasteiger partial charge in [-0.2, -0.15) is 5.10 Å². The summed E-state index contributed by atoms with van der Waals surface area (Å²) in [6.07, 6.45) is 1.35. The van der Waals surface area contributed by atoms with Crippen molar-refractivity contribution in [2.45, 2.75) is 0 Å². The number of halogens is 1. The second kappa shape index (κ2) is 9.23. The number of ether oxygens (including phenoxy) is 2. The van der Waals surface area contributed by atoms with Gasteiger partial charge in [0, 0.05) is 33.8 Å². The number of nitro benzene ring substituents is 1. The summed E-state index contributed by atoms with van der Waals surface area (Å²) in [5.41, 5.74) is 3.34. The molecule has 9 nitrogen and oxygen atoms in total. The Morgan fingerprint density at radius 3 is 2.43 bits per heavy atom. The molecule has 0 atom stereocenters. The van der Waals surface area contributed by atoms with Gasteiger partial charge in [0.1, 0.15) is 23.0 Å². The molecule has 154 valence electrons. The molecule has 0 fully saturated rings. The first kappa shape index (κ1) is 21.1. The van der Waals surface area contributed by atoms with E-state index in [1.807, 2.05) is 0 Å². The summed E-state index contributed by atoms with van der Waals surface area (Å²) in [4.78, 5) is 22.7. The van der Waals surface area contributed by atoms with Gasteiger partial charge in [-0.05, 0) is 46.3 Å². The van der Waals surface area contributed by atoms with E-state index in [1.54, 1.807) is 36.4 Å². The van der Waals surface area contributed by atoms with Gasteiger partial charge in [-0.25, -0.2) is 5.43 Å². The van der Waals surface area contributed by atoms with E-state index in [9.17, 15) is 14.9 Å². The van der Waals surface area contributed by atoms with Gasteiger partial charge in [-0.15, -0.1) is 0 Å². The van der Waals surface area contributed by atoms with Crippen LogP contribution in [0.4, 0.5) is 5.69 Å². The third kappa shape index (κ3) is 4.84. The Hall–Kier alpha value is -3.66. The maximum atomic E-state index is 12.3. The molecule has 0 aliphatic heterocycles. The van der Waals surface area contributed by atoms with Gasteiger partial charge in [-0.1, -0.05) is 0 Å². The van der Waals surface area contributed by atoms with Crippen LogP contribution in [0.3, 0.4) is 0 Å². The molecule has 1 heterocycles. The van der Waals surface area contributed by atoms with Crippen LogP contribution in [0.1, 0.15) is 16.1 Å². The number of hydrazone groups is 1. The van der Waals surface area contributed by atoms with Crippen molar-refractivity contribution in [3.05, 3.63) is 74.4 Å². The number of carbonyl (C=O) groups is 1. The van der Waals surface area contributed by atoms with Crippen molar-refractivity contribution in [3.8, 4) is 22.8 Å². The van der Waals surface area contributed by atoms with E-state index in [0.717, 1.165) is 0 Å². The standard InChI is InChI=1S/C20H16BrN3O6/c1-28-15-7-12(8-16(10-15)29-2)20(25)23-22-11-14-4-6-19(30-14)17-5-3-13(24(26)27)9-18(17)21/h3-11H,1-2H3,(H,23,25). The van der Waals surface area contributed by atoms with Crippen molar-refractivity contribution in [2.75, 3.05) is 14.2 Å². The number of nitro groups is 1. The van der Waals surface area contributed by atoms with Gasteiger partial charge >= 0.3 is 0 Å². The molecule has 0 saturated heterocycles. The van der Waals surface area contributed by atoms with E-state index in [2.05, 4.69) is 26.5 Å². The van der Waals surface area contributed by atoms with Crippen molar-refractivity contribution in [2.24, 2.45) is 5.10 Å². The fraction of sp³-hybridized carbons (Fsp3) is 0.100. The number of furan rings is 1. The van der Waals surface area contributed by atoms with Crippen LogP contribution in [0.5, 0.6) is 11.5 Å². The highest BCUT2D eigenvalue weighted by molar-refractivity contribution is 9.10. The largest absolute Gasteiger partial charge is 0.497 e. The molecule has 0 spiro atoms. The molecule has 10 heteroatoms. The molecule has 0 aliphatic carbocycles. The van der Waals surface area contributed by atoms with Crippen LogP contribution in [0.25, 0.3) is 11.3 Å². The number of methoxy groups -OCH3 is 2. The SMILES string of the molecule is COc1cc(OC)cc(C(=O)NN=Cc2ccc(-c3ccc([N+](=O)[O-])cc3Br)o2)c1. The summed E-state index contributed by atoms with van der Waals surface area (Å²) >= 11 is 3.31. The van der Waals surface area contributed by atoms with Gasteiger partial charge in [0.2, 0.25) is 0 Å². The summed E-state index contributed by atoms with van der Waals surface area (Å²) in [5, 5.41) is 14.7. The average molecular weight is 474 g/mol. The van der Waals surface area contributed by atoms with Gasteiger partial charge in [-0.3, -0.25) is 14.9 Å². The number of nitrogens with zero attached hydrogens (tertiary/aromatic N) is 2. The summed E-state index contributed by atoms with van der Waals surface area (Å²) in [6, 6.07) is 12.5. The molecule has 1 aromatic heterocycles. The Bertz CT molecular complexity index is 1100. The zero-order valence-electron chi connectivity index (χ0n) is 15.9. The third-order valence-electron chi connectivity index (χ3n) is 4.03. The predicted octanol–water partition coefficient (Wildman–Crippen LogP) is 4.40. The van der Waals surface area contributed by atoms with Crippen LogP contribution in [0.15, 0.2) is 62.5 Å². The number of amides is 1. The molecular weight excluding hydrogens is 458 g/mol. The second-order valence-electron chi connectivity index (χ2n) is 5.92. The number of carbonyl (C=O) groups excluding carboxylic acids is 1. The smallest absolute Gasteiger partial charge is 0.271 e.